The smallest absolute Gasteiger partial charge is 0.173 e. The molecule has 29 heavy (non-hydrogen) atoms. The zero-order valence-electron chi connectivity index (χ0n) is 16.6. The molecule has 0 spiro atoms. The Labute approximate surface area is 180 Å². The predicted octanol–water partition coefficient (Wildman–Crippen LogP) is 4.44. The van der Waals surface area contributed by atoms with Crippen molar-refractivity contribution in [3.63, 3.8) is 0 Å². The first-order chi connectivity index (χ1) is 13.8. The molecule has 1 aliphatic heterocycles. The van der Waals surface area contributed by atoms with Crippen LogP contribution in [0, 0.1) is 11.8 Å². The van der Waals surface area contributed by atoms with E-state index in [0.717, 1.165) is 13.1 Å². The first-order valence-corrected chi connectivity index (χ1v) is 10.9. The summed E-state index contributed by atoms with van der Waals surface area (Å²) in [5.74, 6) is -1.18. The summed E-state index contributed by atoms with van der Waals surface area (Å²) in [4.78, 5) is 27.7. The second kappa shape index (κ2) is 8.03. The van der Waals surface area contributed by atoms with Crippen molar-refractivity contribution in [2.24, 2.45) is 11.8 Å². The zero-order chi connectivity index (χ0) is 20.9. The quantitative estimate of drug-likeness (QED) is 0.430. The van der Waals surface area contributed by atoms with E-state index in [0.29, 0.717) is 42.0 Å². The number of carbonyl (C=O) groups excluding carboxylic acids is 2. The molecular weight excluding hydrogens is 413 g/mol. The first-order valence-electron chi connectivity index (χ1n) is 10.1. The number of ether oxygens (including phenoxy) is 1. The van der Waals surface area contributed by atoms with Gasteiger partial charge in [-0.2, -0.15) is 0 Å². The molecule has 0 aromatic heterocycles. The van der Waals surface area contributed by atoms with Gasteiger partial charge in [-0.25, -0.2) is 0 Å². The van der Waals surface area contributed by atoms with Gasteiger partial charge in [0.2, 0.25) is 0 Å². The monoisotopic (exact) mass is 437 g/mol. The molecule has 2 aliphatic carbocycles. The second-order valence-electron chi connectivity index (χ2n) is 8.50. The molecular formula is C22H25Cl2NO4. The number of carbonyl (C=O) groups is 2. The molecule has 4 unspecified atom stereocenters. The maximum absolute atomic E-state index is 12.7. The maximum atomic E-state index is 12.7. The second-order valence-corrected chi connectivity index (χ2v) is 9.28. The van der Waals surface area contributed by atoms with Crippen LogP contribution < -0.4 is 0 Å². The van der Waals surface area contributed by atoms with Crippen LogP contribution in [0.3, 0.4) is 0 Å². The largest absolute Gasteiger partial charge is 0.506 e. The number of halogens is 2. The average molecular weight is 438 g/mol. The van der Waals surface area contributed by atoms with Crippen molar-refractivity contribution in [2.75, 3.05) is 13.1 Å². The molecule has 3 aliphatic rings. The minimum atomic E-state index is -0.316. The summed E-state index contributed by atoms with van der Waals surface area (Å²) in [5.41, 5.74) is 0.879. The number of allylic oxidation sites excluding steroid dienone is 1. The van der Waals surface area contributed by atoms with Crippen LogP contribution in [0.25, 0.3) is 5.76 Å². The van der Waals surface area contributed by atoms with Crippen molar-refractivity contribution in [3.8, 4) is 0 Å². The SMILES string of the molecule is CC1CN(Cc2c(Cl)ccc(C(O)=C3C(=O)C4CCC(C4)C3=O)c2Cl)CC(C)O1. The number of Topliss-reactive ketones (excluding diaryl/α,β-unsaturated/α-hetero) is 2. The fraction of sp³-hybridized carbons (Fsp3) is 0.545. The molecule has 4 rings (SSSR count). The molecule has 7 heteroatoms. The number of ketones is 2. The molecule has 1 aromatic rings. The van der Waals surface area contributed by atoms with Crippen molar-refractivity contribution in [3.05, 3.63) is 38.9 Å². The number of morpholine rings is 1. The van der Waals surface area contributed by atoms with Gasteiger partial charge in [0.15, 0.2) is 11.6 Å². The first kappa shape index (κ1) is 20.9. The Morgan fingerprint density at radius 2 is 1.69 bits per heavy atom. The van der Waals surface area contributed by atoms with Crippen molar-refractivity contribution in [2.45, 2.75) is 51.9 Å². The molecule has 4 atom stereocenters. The summed E-state index contributed by atoms with van der Waals surface area (Å²) >= 11 is 13.1. The van der Waals surface area contributed by atoms with E-state index in [9.17, 15) is 14.7 Å². The Morgan fingerprint density at radius 3 is 2.28 bits per heavy atom. The highest BCUT2D eigenvalue weighted by atomic mass is 35.5. The van der Waals surface area contributed by atoms with E-state index in [4.69, 9.17) is 27.9 Å². The number of aliphatic hydroxyl groups is 1. The van der Waals surface area contributed by atoms with Gasteiger partial charge in [0.1, 0.15) is 11.3 Å². The number of nitrogens with zero attached hydrogens (tertiary/aromatic N) is 1. The maximum Gasteiger partial charge on any atom is 0.173 e. The molecule has 5 nitrogen and oxygen atoms in total. The highest BCUT2D eigenvalue weighted by molar-refractivity contribution is 6.37. The Hall–Kier alpha value is -1.40. The molecule has 1 N–H and O–H groups in total. The van der Waals surface area contributed by atoms with Crippen molar-refractivity contribution in [1.82, 2.24) is 4.90 Å². The minimum Gasteiger partial charge on any atom is -0.506 e. The van der Waals surface area contributed by atoms with Crippen LogP contribution in [0.2, 0.25) is 10.0 Å². The normalized spacial score (nSPS) is 30.1. The molecule has 1 aromatic carbocycles. The van der Waals surface area contributed by atoms with E-state index in [-0.39, 0.29) is 52.0 Å². The lowest BCUT2D eigenvalue weighted by molar-refractivity contribution is -0.127. The lowest BCUT2D eigenvalue weighted by Crippen LogP contribution is -2.44. The van der Waals surface area contributed by atoms with Crippen LogP contribution in [0.15, 0.2) is 17.7 Å². The third kappa shape index (κ3) is 3.86. The van der Waals surface area contributed by atoms with Crippen LogP contribution in [-0.4, -0.2) is 46.9 Å². The van der Waals surface area contributed by atoms with Gasteiger partial charge in [0.05, 0.1) is 17.2 Å². The number of rotatable bonds is 3. The molecule has 0 amide bonds. The summed E-state index contributed by atoms with van der Waals surface area (Å²) in [6.07, 6.45) is 2.21. The number of aliphatic hydroxyl groups excluding tert-OH is 1. The highest BCUT2D eigenvalue weighted by Crippen LogP contribution is 2.43. The van der Waals surface area contributed by atoms with Gasteiger partial charge in [-0.05, 0) is 45.2 Å². The van der Waals surface area contributed by atoms with Crippen LogP contribution in [0.1, 0.15) is 44.2 Å². The number of hydrogen-bond acceptors (Lipinski definition) is 5. The average Bonchev–Trinajstić information content (AvgIpc) is 3.10. The van der Waals surface area contributed by atoms with E-state index in [2.05, 4.69) is 4.90 Å². The van der Waals surface area contributed by atoms with E-state index in [1.165, 1.54) is 0 Å². The lowest BCUT2D eigenvalue weighted by atomic mass is 9.81. The minimum absolute atomic E-state index is 0.0902. The Kier molecular flexibility index (Phi) is 5.77. The molecule has 0 radical (unpaired) electrons. The van der Waals surface area contributed by atoms with Crippen molar-refractivity contribution < 1.29 is 19.4 Å². The van der Waals surface area contributed by atoms with E-state index >= 15 is 0 Å². The van der Waals surface area contributed by atoms with E-state index < -0.39 is 0 Å². The van der Waals surface area contributed by atoms with Gasteiger partial charge < -0.3 is 9.84 Å². The Balaban J connectivity index is 1.69. The van der Waals surface area contributed by atoms with Crippen LogP contribution in [0.5, 0.6) is 0 Å². The fourth-order valence-electron chi connectivity index (χ4n) is 4.92. The van der Waals surface area contributed by atoms with E-state index in [1.807, 2.05) is 13.8 Å². The predicted molar refractivity (Wildman–Crippen MR) is 112 cm³/mol. The lowest BCUT2D eigenvalue weighted by Gasteiger charge is -2.35. The topological polar surface area (TPSA) is 66.8 Å². The summed E-state index contributed by atoms with van der Waals surface area (Å²) in [6.45, 7) is 6.03. The summed E-state index contributed by atoms with van der Waals surface area (Å²) in [6, 6.07) is 3.24. The van der Waals surface area contributed by atoms with Gasteiger partial charge in [0.25, 0.3) is 0 Å². The third-order valence-electron chi connectivity index (χ3n) is 6.22. The van der Waals surface area contributed by atoms with Gasteiger partial charge in [-0.3, -0.25) is 14.5 Å². The summed E-state index contributed by atoms with van der Waals surface area (Å²) < 4.78 is 5.78. The molecule has 1 heterocycles. The molecule has 2 saturated carbocycles. The standard InChI is InChI=1S/C22H25Cl2NO4/c1-11-8-25(9-12(2)29-11)10-16-17(23)6-5-15(19(16)24)22(28)18-20(26)13-3-4-14(7-13)21(18)27/h5-6,11-14,28H,3-4,7-10H2,1-2H3. The molecule has 1 saturated heterocycles. The molecule has 2 bridgehead atoms. The van der Waals surface area contributed by atoms with Gasteiger partial charge >= 0.3 is 0 Å². The Morgan fingerprint density at radius 1 is 1.10 bits per heavy atom. The van der Waals surface area contributed by atoms with Crippen LogP contribution >= 0.6 is 23.2 Å². The van der Waals surface area contributed by atoms with Crippen molar-refractivity contribution in [1.29, 1.82) is 0 Å². The van der Waals surface area contributed by atoms with Gasteiger partial charge in [-0.1, -0.05) is 23.2 Å². The molecule has 156 valence electrons. The highest BCUT2D eigenvalue weighted by Gasteiger charge is 2.45. The Bertz CT molecular complexity index is 863. The number of fused-ring (bicyclic) bond motifs is 2. The summed E-state index contributed by atoms with van der Waals surface area (Å²) in [5, 5.41) is 11.7. The fourth-order valence-corrected chi connectivity index (χ4v) is 5.50. The molecule has 3 fully saturated rings. The van der Waals surface area contributed by atoms with Gasteiger partial charge in [-0.15, -0.1) is 0 Å². The van der Waals surface area contributed by atoms with Crippen molar-refractivity contribution >= 4 is 40.5 Å². The van der Waals surface area contributed by atoms with E-state index in [1.54, 1.807) is 12.1 Å². The third-order valence-corrected chi connectivity index (χ3v) is 7.01. The van der Waals surface area contributed by atoms with Crippen LogP contribution in [-0.2, 0) is 20.9 Å². The summed E-state index contributed by atoms with van der Waals surface area (Å²) in [7, 11) is 0. The number of hydrogen-bond donors (Lipinski definition) is 1. The van der Waals surface area contributed by atoms with Gasteiger partial charge in [0, 0.05) is 47.6 Å². The van der Waals surface area contributed by atoms with Crippen LogP contribution in [0.4, 0.5) is 0 Å². The number of benzene rings is 1. The zero-order valence-corrected chi connectivity index (χ0v) is 18.1.